The second-order valence-corrected chi connectivity index (χ2v) is 3.54. The maximum atomic E-state index is 10.8. The molecule has 4 heteroatoms. The van der Waals surface area contributed by atoms with Crippen molar-refractivity contribution >= 4 is 11.4 Å². The van der Waals surface area contributed by atoms with Gasteiger partial charge in [-0.3, -0.25) is 10.1 Å². The van der Waals surface area contributed by atoms with E-state index in [0.29, 0.717) is 17.8 Å². The Balaban J connectivity index is 3.01. The Labute approximate surface area is 88.8 Å². The lowest BCUT2D eigenvalue weighted by Crippen LogP contribution is -2.05. The summed E-state index contributed by atoms with van der Waals surface area (Å²) in [7, 11) is 0. The van der Waals surface area contributed by atoms with Gasteiger partial charge in [0.2, 0.25) is 0 Å². The largest absolute Gasteiger partial charge is 0.376 e. The number of hydrogen-bond donors (Lipinski definition) is 1. The number of aryl methyl sites for hydroxylation is 1. The van der Waals surface area contributed by atoms with E-state index in [2.05, 4.69) is 11.9 Å². The molecule has 4 nitrogen and oxygen atoms in total. The molecule has 1 N–H and O–H groups in total. The summed E-state index contributed by atoms with van der Waals surface area (Å²) < 4.78 is 0. The quantitative estimate of drug-likeness (QED) is 0.468. The molecule has 0 atom stereocenters. The van der Waals surface area contributed by atoms with Gasteiger partial charge in [0.05, 0.1) is 4.92 Å². The minimum atomic E-state index is -0.365. The van der Waals surface area contributed by atoms with Gasteiger partial charge in [0, 0.05) is 12.1 Å². The van der Waals surface area contributed by atoms with Crippen molar-refractivity contribution in [2.45, 2.75) is 13.8 Å². The first-order chi connectivity index (χ1) is 7.02. The van der Waals surface area contributed by atoms with Crippen molar-refractivity contribution in [3.63, 3.8) is 0 Å². The zero-order chi connectivity index (χ0) is 11.4. The molecule has 0 fully saturated rings. The number of benzene rings is 1. The number of hydrogen-bond acceptors (Lipinski definition) is 3. The predicted molar refractivity (Wildman–Crippen MR) is 61.1 cm³/mol. The Morgan fingerprint density at radius 2 is 2.27 bits per heavy atom. The third-order valence-corrected chi connectivity index (χ3v) is 2.00. The second-order valence-electron chi connectivity index (χ2n) is 3.54. The number of nitrogens with zero attached hydrogens (tertiary/aromatic N) is 1. The maximum Gasteiger partial charge on any atom is 0.295 e. The summed E-state index contributed by atoms with van der Waals surface area (Å²) in [6, 6.07) is 5.22. The first-order valence-corrected chi connectivity index (χ1v) is 4.64. The van der Waals surface area contributed by atoms with Crippen molar-refractivity contribution in [2.24, 2.45) is 0 Å². The third-order valence-electron chi connectivity index (χ3n) is 2.00. The zero-order valence-corrected chi connectivity index (χ0v) is 8.91. The third kappa shape index (κ3) is 2.80. The van der Waals surface area contributed by atoms with Crippen LogP contribution in [0.2, 0.25) is 0 Å². The fourth-order valence-corrected chi connectivity index (χ4v) is 1.29. The Morgan fingerprint density at radius 3 is 2.80 bits per heavy atom. The van der Waals surface area contributed by atoms with E-state index in [1.54, 1.807) is 25.1 Å². The van der Waals surface area contributed by atoms with Crippen LogP contribution in [0, 0.1) is 17.0 Å². The number of nitro groups is 1. The topological polar surface area (TPSA) is 55.2 Å². The molecule has 0 bridgehead atoms. The fraction of sp³-hybridized carbons (Fsp3) is 0.273. The van der Waals surface area contributed by atoms with Gasteiger partial charge in [-0.1, -0.05) is 24.3 Å². The summed E-state index contributed by atoms with van der Waals surface area (Å²) >= 11 is 0. The Hall–Kier alpha value is -1.84. The Kier molecular flexibility index (Phi) is 3.44. The lowest BCUT2D eigenvalue weighted by Gasteiger charge is -2.07. The molecule has 0 heterocycles. The zero-order valence-electron chi connectivity index (χ0n) is 8.91. The summed E-state index contributed by atoms with van der Waals surface area (Å²) in [6.07, 6.45) is 0. The number of nitro benzene ring substituents is 1. The molecule has 80 valence electrons. The molecule has 0 aliphatic heterocycles. The van der Waals surface area contributed by atoms with Crippen molar-refractivity contribution < 1.29 is 4.92 Å². The van der Waals surface area contributed by atoms with Gasteiger partial charge >= 0.3 is 0 Å². The van der Waals surface area contributed by atoms with E-state index in [1.165, 1.54) is 0 Å². The molecular formula is C11H14N2O2. The van der Waals surface area contributed by atoms with Gasteiger partial charge in [0.1, 0.15) is 5.69 Å². The van der Waals surface area contributed by atoms with Crippen LogP contribution in [-0.4, -0.2) is 11.5 Å². The molecule has 0 aliphatic rings. The van der Waals surface area contributed by atoms with Gasteiger partial charge in [0.25, 0.3) is 5.69 Å². The van der Waals surface area contributed by atoms with Gasteiger partial charge in [-0.25, -0.2) is 0 Å². The number of anilines is 1. The van der Waals surface area contributed by atoms with Crippen LogP contribution < -0.4 is 5.32 Å². The fourth-order valence-electron chi connectivity index (χ4n) is 1.29. The molecule has 0 aliphatic carbocycles. The van der Waals surface area contributed by atoms with Crippen LogP contribution in [0.5, 0.6) is 0 Å². The molecule has 1 rings (SSSR count). The number of rotatable bonds is 4. The summed E-state index contributed by atoms with van der Waals surface area (Å²) in [4.78, 5) is 10.5. The van der Waals surface area contributed by atoms with Crippen molar-refractivity contribution in [1.82, 2.24) is 0 Å². The highest BCUT2D eigenvalue weighted by Crippen LogP contribution is 2.27. The van der Waals surface area contributed by atoms with Gasteiger partial charge in [-0.05, 0) is 19.9 Å². The smallest absolute Gasteiger partial charge is 0.295 e. The lowest BCUT2D eigenvalue weighted by atomic mass is 10.1. The van der Waals surface area contributed by atoms with Gasteiger partial charge < -0.3 is 5.32 Å². The average Bonchev–Trinajstić information content (AvgIpc) is 2.13. The van der Waals surface area contributed by atoms with Crippen molar-refractivity contribution in [1.29, 1.82) is 0 Å². The summed E-state index contributed by atoms with van der Waals surface area (Å²) in [5.41, 5.74) is 2.28. The van der Waals surface area contributed by atoms with Crippen LogP contribution in [0.1, 0.15) is 12.5 Å². The first kappa shape index (κ1) is 11.2. The van der Waals surface area contributed by atoms with E-state index in [4.69, 9.17) is 0 Å². The van der Waals surface area contributed by atoms with Crippen LogP contribution in [0.15, 0.2) is 30.4 Å². The minimum absolute atomic E-state index is 0.138. The Morgan fingerprint density at radius 1 is 1.60 bits per heavy atom. The number of para-hydroxylation sites is 1. The molecule has 1 aromatic carbocycles. The molecule has 0 saturated carbocycles. The van der Waals surface area contributed by atoms with Crippen molar-refractivity contribution in [2.75, 3.05) is 11.9 Å². The molecular weight excluding hydrogens is 192 g/mol. The SMILES string of the molecule is C=C(C)CNc1cccc(C)c1[N+](=O)[O-]. The molecule has 0 unspecified atom stereocenters. The summed E-state index contributed by atoms with van der Waals surface area (Å²) in [5, 5.41) is 13.8. The van der Waals surface area contributed by atoms with Crippen molar-refractivity contribution in [3.8, 4) is 0 Å². The molecule has 1 aromatic rings. The van der Waals surface area contributed by atoms with E-state index < -0.39 is 0 Å². The standard InChI is InChI=1S/C11H14N2O2/c1-8(2)7-12-10-6-4-5-9(3)11(10)13(14)15/h4-6,12H,1,7H2,2-3H3. The number of nitrogens with one attached hydrogen (secondary N) is 1. The van der Waals surface area contributed by atoms with Crippen LogP contribution in [0.4, 0.5) is 11.4 Å². The molecule has 0 spiro atoms. The molecule has 0 aromatic heterocycles. The molecule has 15 heavy (non-hydrogen) atoms. The lowest BCUT2D eigenvalue weighted by molar-refractivity contribution is -0.384. The minimum Gasteiger partial charge on any atom is -0.376 e. The normalized spacial score (nSPS) is 9.73. The van der Waals surface area contributed by atoms with Crippen LogP contribution in [0.25, 0.3) is 0 Å². The van der Waals surface area contributed by atoms with E-state index in [1.807, 2.05) is 6.92 Å². The van der Waals surface area contributed by atoms with Gasteiger partial charge in [0.15, 0.2) is 0 Å². The van der Waals surface area contributed by atoms with Crippen molar-refractivity contribution in [3.05, 3.63) is 46.0 Å². The Bertz CT molecular complexity index is 400. The van der Waals surface area contributed by atoms with E-state index in [0.717, 1.165) is 5.57 Å². The summed E-state index contributed by atoms with van der Waals surface area (Å²) in [5.74, 6) is 0. The van der Waals surface area contributed by atoms with Gasteiger partial charge in [-0.2, -0.15) is 0 Å². The maximum absolute atomic E-state index is 10.8. The van der Waals surface area contributed by atoms with E-state index >= 15 is 0 Å². The highest BCUT2D eigenvalue weighted by atomic mass is 16.6. The van der Waals surface area contributed by atoms with Gasteiger partial charge in [-0.15, -0.1) is 0 Å². The molecule has 0 amide bonds. The monoisotopic (exact) mass is 206 g/mol. The highest BCUT2D eigenvalue weighted by molar-refractivity contribution is 5.65. The van der Waals surface area contributed by atoms with Crippen LogP contribution >= 0.6 is 0 Å². The van der Waals surface area contributed by atoms with E-state index in [-0.39, 0.29) is 10.6 Å². The second kappa shape index (κ2) is 4.59. The van der Waals surface area contributed by atoms with E-state index in [9.17, 15) is 10.1 Å². The molecule has 0 radical (unpaired) electrons. The summed E-state index contributed by atoms with van der Waals surface area (Å²) in [6.45, 7) is 7.88. The first-order valence-electron chi connectivity index (χ1n) is 4.64. The average molecular weight is 206 g/mol. The highest BCUT2D eigenvalue weighted by Gasteiger charge is 2.15. The van der Waals surface area contributed by atoms with Crippen LogP contribution in [-0.2, 0) is 0 Å². The predicted octanol–water partition coefficient (Wildman–Crippen LogP) is 2.89. The van der Waals surface area contributed by atoms with Crippen LogP contribution in [0.3, 0.4) is 0 Å². The molecule has 0 saturated heterocycles.